The average molecular weight is 365 g/mol. The fourth-order valence-electron chi connectivity index (χ4n) is 3.55. The summed E-state index contributed by atoms with van der Waals surface area (Å²) in [7, 11) is 1.97. The Morgan fingerprint density at radius 1 is 1.31 bits per heavy atom. The highest BCUT2D eigenvalue weighted by molar-refractivity contribution is 5.80. The zero-order valence-electron chi connectivity index (χ0n) is 16.8. The molecule has 1 heterocycles. The highest BCUT2D eigenvalue weighted by atomic mass is 16.3. The highest BCUT2D eigenvalue weighted by Gasteiger charge is 2.18. The molecule has 1 unspecified atom stereocenters. The molecular formula is C19H36N6O. The Kier molecular flexibility index (Phi) is 8.35. The third-order valence-electron chi connectivity index (χ3n) is 5.16. The Balaban J connectivity index is 1.99. The molecule has 0 bridgehead atoms. The lowest BCUT2D eigenvalue weighted by molar-refractivity contribution is 0.242. The zero-order chi connectivity index (χ0) is 18.9. The Morgan fingerprint density at radius 2 is 2.04 bits per heavy atom. The fraction of sp³-hybridized carbons (Fsp3) is 0.842. The second kappa shape index (κ2) is 10.5. The molecule has 0 aliphatic heterocycles. The lowest BCUT2D eigenvalue weighted by Crippen LogP contribution is -2.44. The monoisotopic (exact) mass is 364 g/mol. The van der Waals surface area contributed by atoms with Gasteiger partial charge in [-0.05, 0) is 44.4 Å². The summed E-state index contributed by atoms with van der Waals surface area (Å²) in [6, 6.07) is 0.504. The van der Waals surface area contributed by atoms with Crippen LogP contribution in [0.15, 0.2) is 4.99 Å². The quantitative estimate of drug-likeness (QED) is 0.462. The van der Waals surface area contributed by atoms with E-state index in [1.165, 1.54) is 25.7 Å². The van der Waals surface area contributed by atoms with Crippen LogP contribution in [-0.2, 0) is 13.6 Å². The summed E-state index contributed by atoms with van der Waals surface area (Å²) in [6.45, 7) is 7.98. The minimum absolute atomic E-state index is 0.236. The van der Waals surface area contributed by atoms with E-state index in [9.17, 15) is 5.11 Å². The van der Waals surface area contributed by atoms with Crippen molar-refractivity contribution in [3.05, 3.63) is 11.6 Å². The van der Waals surface area contributed by atoms with Crippen molar-refractivity contribution in [1.82, 2.24) is 25.4 Å². The standard InChI is InChI=1S/C19H36N6O/c1-14(2)11-16(9-10-26)12-20-19(22-17-7-5-6-8-17)21-13-18-24-23-15(3)25(18)4/h14,16-17,26H,5-13H2,1-4H3,(H2,20,21,22). The number of aliphatic imine (C=N–C) groups is 1. The summed E-state index contributed by atoms with van der Waals surface area (Å²) in [5, 5.41) is 24.7. The van der Waals surface area contributed by atoms with Gasteiger partial charge in [0.1, 0.15) is 12.4 Å². The molecule has 1 fully saturated rings. The van der Waals surface area contributed by atoms with E-state index in [1.807, 2.05) is 18.5 Å². The molecular weight excluding hydrogens is 328 g/mol. The van der Waals surface area contributed by atoms with Gasteiger partial charge in [0, 0.05) is 26.2 Å². The van der Waals surface area contributed by atoms with Crippen LogP contribution in [-0.4, -0.2) is 45.0 Å². The van der Waals surface area contributed by atoms with Gasteiger partial charge in [-0.15, -0.1) is 10.2 Å². The number of aryl methyl sites for hydroxylation is 1. The molecule has 26 heavy (non-hydrogen) atoms. The third-order valence-corrected chi connectivity index (χ3v) is 5.16. The summed E-state index contributed by atoms with van der Waals surface area (Å²) in [5.74, 6) is 3.69. The van der Waals surface area contributed by atoms with Gasteiger partial charge in [-0.3, -0.25) is 0 Å². The van der Waals surface area contributed by atoms with Crippen molar-refractivity contribution in [3.63, 3.8) is 0 Å². The average Bonchev–Trinajstić information content (AvgIpc) is 3.21. The first-order valence-corrected chi connectivity index (χ1v) is 10.00. The van der Waals surface area contributed by atoms with Gasteiger partial charge in [0.05, 0.1) is 0 Å². The number of aromatic nitrogens is 3. The maximum Gasteiger partial charge on any atom is 0.191 e. The van der Waals surface area contributed by atoms with Crippen LogP contribution in [0.25, 0.3) is 0 Å². The normalized spacial score (nSPS) is 17.1. The van der Waals surface area contributed by atoms with Gasteiger partial charge in [-0.2, -0.15) is 0 Å². The topological polar surface area (TPSA) is 87.4 Å². The first kappa shape index (κ1) is 20.7. The lowest BCUT2D eigenvalue weighted by Gasteiger charge is -2.22. The summed E-state index contributed by atoms with van der Waals surface area (Å²) in [4.78, 5) is 4.75. The number of aliphatic hydroxyl groups excluding tert-OH is 1. The predicted molar refractivity (Wildman–Crippen MR) is 105 cm³/mol. The van der Waals surface area contributed by atoms with Crippen LogP contribution in [0.1, 0.15) is 64.0 Å². The van der Waals surface area contributed by atoms with Crippen molar-refractivity contribution >= 4 is 5.96 Å². The molecule has 0 amide bonds. The first-order valence-electron chi connectivity index (χ1n) is 10.00. The van der Waals surface area contributed by atoms with Crippen molar-refractivity contribution in [2.45, 2.75) is 71.9 Å². The summed E-state index contributed by atoms with van der Waals surface area (Å²) in [6.07, 6.45) is 6.91. The van der Waals surface area contributed by atoms with E-state index in [-0.39, 0.29) is 6.61 Å². The maximum absolute atomic E-state index is 9.34. The Morgan fingerprint density at radius 3 is 2.62 bits per heavy atom. The van der Waals surface area contributed by atoms with Crippen LogP contribution in [0, 0.1) is 18.8 Å². The second-order valence-electron chi connectivity index (χ2n) is 7.90. The van der Waals surface area contributed by atoms with E-state index in [1.54, 1.807) is 0 Å². The molecule has 0 saturated heterocycles. The minimum Gasteiger partial charge on any atom is -0.396 e. The van der Waals surface area contributed by atoms with Crippen LogP contribution < -0.4 is 10.6 Å². The molecule has 7 heteroatoms. The van der Waals surface area contributed by atoms with E-state index in [0.717, 1.165) is 37.0 Å². The Labute approximate surface area is 157 Å². The number of nitrogens with one attached hydrogen (secondary N) is 2. The van der Waals surface area contributed by atoms with Gasteiger partial charge in [0.25, 0.3) is 0 Å². The van der Waals surface area contributed by atoms with Crippen molar-refractivity contribution in [2.75, 3.05) is 13.2 Å². The van der Waals surface area contributed by atoms with Crippen LogP contribution in [0.5, 0.6) is 0 Å². The molecule has 1 aromatic heterocycles. The second-order valence-corrected chi connectivity index (χ2v) is 7.90. The van der Waals surface area contributed by atoms with Gasteiger partial charge in [-0.1, -0.05) is 26.7 Å². The maximum atomic E-state index is 9.34. The van der Waals surface area contributed by atoms with Gasteiger partial charge in [0.15, 0.2) is 11.8 Å². The van der Waals surface area contributed by atoms with E-state index in [4.69, 9.17) is 4.99 Å². The SMILES string of the molecule is Cc1nnc(CN=C(NCC(CCO)CC(C)C)NC2CCCC2)n1C. The van der Waals surface area contributed by atoms with Crippen molar-refractivity contribution < 1.29 is 5.11 Å². The zero-order valence-corrected chi connectivity index (χ0v) is 16.8. The molecule has 7 nitrogen and oxygen atoms in total. The molecule has 1 aliphatic carbocycles. The van der Waals surface area contributed by atoms with Gasteiger partial charge < -0.3 is 20.3 Å². The molecule has 2 rings (SSSR count). The molecule has 1 aliphatic rings. The number of nitrogens with zero attached hydrogens (tertiary/aromatic N) is 4. The molecule has 1 aromatic rings. The Hall–Kier alpha value is -1.63. The van der Waals surface area contributed by atoms with Crippen LogP contribution >= 0.6 is 0 Å². The smallest absolute Gasteiger partial charge is 0.191 e. The van der Waals surface area contributed by atoms with Crippen molar-refractivity contribution in [3.8, 4) is 0 Å². The van der Waals surface area contributed by atoms with E-state index in [0.29, 0.717) is 24.4 Å². The molecule has 1 atom stereocenters. The fourth-order valence-corrected chi connectivity index (χ4v) is 3.55. The van der Waals surface area contributed by atoms with E-state index in [2.05, 4.69) is 34.7 Å². The first-order chi connectivity index (χ1) is 12.5. The summed E-state index contributed by atoms with van der Waals surface area (Å²) in [5.41, 5.74) is 0. The molecule has 1 saturated carbocycles. The molecule has 3 N–H and O–H groups in total. The minimum atomic E-state index is 0.236. The van der Waals surface area contributed by atoms with Gasteiger partial charge >= 0.3 is 0 Å². The molecule has 0 spiro atoms. The largest absolute Gasteiger partial charge is 0.396 e. The van der Waals surface area contributed by atoms with Crippen molar-refractivity contribution in [2.24, 2.45) is 23.9 Å². The third kappa shape index (κ3) is 6.59. The number of aliphatic hydroxyl groups is 1. The number of rotatable bonds is 9. The highest BCUT2D eigenvalue weighted by Crippen LogP contribution is 2.18. The number of hydrogen-bond donors (Lipinski definition) is 3. The van der Waals surface area contributed by atoms with Crippen molar-refractivity contribution in [1.29, 1.82) is 0 Å². The number of hydrogen-bond acceptors (Lipinski definition) is 4. The summed E-state index contributed by atoms with van der Waals surface area (Å²) >= 11 is 0. The van der Waals surface area contributed by atoms with Crippen LogP contribution in [0.2, 0.25) is 0 Å². The number of guanidine groups is 1. The molecule has 0 radical (unpaired) electrons. The van der Waals surface area contributed by atoms with Crippen LogP contribution in [0.3, 0.4) is 0 Å². The van der Waals surface area contributed by atoms with Crippen LogP contribution in [0.4, 0.5) is 0 Å². The summed E-state index contributed by atoms with van der Waals surface area (Å²) < 4.78 is 1.98. The van der Waals surface area contributed by atoms with Gasteiger partial charge in [0.2, 0.25) is 0 Å². The molecule has 148 valence electrons. The lowest BCUT2D eigenvalue weighted by atomic mass is 9.94. The van der Waals surface area contributed by atoms with E-state index >= 15 is 0 Å². The molecule has 0 aromatic carbocycles. The predicted octanol–water partition coefficient (Wildman–Crippen LogP) is 2.15. The van der Waals surface area contributed by atoms with Gasteiger partial charge in [-0.25, -0.2) is 4.99 Å². The Bertz CT molecular complexity index is 562. The van der Waals surface area contributed by atoms with E-state index < -0.39 is 0 Å².